The van der Waals surface area contributed by atoms with E-state index in [2.05, 4.69) is 94.1 Å². The fraction of sp³-hybridized carbons (Fsp3) is 0.423. The quantitative estimate of drug-likeness (QED) is 0.409. The molecule has 0 aromatic heterocycles. The van der Waals surface area contributed by atoms with Gasteiger partial charge >= 0.3 is 0 Å². The summed E-state index contributed by atoms with van der Waals surface area (Å²) in [6.45, 7) is 8.98. The highest BCUT2D eigenvalue weighted by atomic mass is 15.2. The van der Waals surface area contributed by atoms with Crippen LogP contribution in [0.4, 0.5) is 5.69 Å². The molecule has 4 rings (SSSR count). The van der Waals surface area contributed by atoms with Crippen LogP contribution in [0.25, 0.3) is 0 Å². The van der Waals surface area contributed by atoms with Crippen LogP contribution in [0.2, 0.25) is 0 Å². The smallest absolute Gasteiger partial charge is 0.191 e. The molecule has 0 aliphatic carbocycles. The number of rotatable bonds is 7. The highest BCUT2D eigenvalue weighted by molar-refractivity contribution is 5.80. The molecule has 164 valence electrons. The van der Waals surface area contributed by atoms with E-state index < -0.39 is 0 Å². The van der Waals surface area contributed by atoms with E-state index in [0.717, 1.165) is 58.1 Å². The third-order valence-electron chi connectivity index (χ3n) is 6.04. The van der Waals surface area contributed by atoms with Crippen LogP contribution in [0.1, 0.15) is 30.9 Å². The molecule has 31 heavy (non-hydrogen) atoms. The third-order valence-corrected chi connectivity index (χ3v) is 6.04. The number of nitrogens with zero attached hydrogens (tertiary/aromatic N) is 3. The van der Waals surface area contributed by atoms with Gasteiger partial charge in [0.05, 0.1) is 6.54 Å². The molecule has 2 aromatic rings. The number of hydrogen-bond donors (Lipinski definition) is 2. The van der Waals surface area contributed by atoms with Gasteiger partial charge in [-0.25, -0.2) is 4.99 Å². The van der Waals surface area contributed by atoms with Crippen molar-refractivity contribution in [3.05, 3.63) is 77.9 Å². The van der Waals surface area contributed by atoms with Crippen LogP contribution in [0.15, 0.2) is 71.7 Å². The standard InChI is InChI=1S/C26H35N5/c1-2-27-26(28-20-23-11-8-12-25(19-23)31-15-6-7-16-31)29-24-13-17-30(18-14-24)21-22-9-4-3-5-10-22/h3-12,19,24H,2,13-18,20-21H2,1H3,(H2,27,28,29). The molecule has 0 bridgehead atoms. The van der Waals surface area contributed by atoms with Crippen LogP contribution in [-0.2, 0) is 13.1 Å². The predicted octanol–water partition coefficient (Wildman–Crippen LogP) is 3.78. The Labute approximate surface area is 186 Å². The maximum Gasteiger partial charge on any atom is 0.191 e. The Bertz CT molecular complexity index is 860. The summed E-state index contributed by atoms with van der Waals surface area (Å²) in [5, 5.41) is 7.10. The van der Waals surface area contributed by atoms with E-state index in [1.54, 1.807) is 0 Å². The molecule has 0 unspecified atom stereocenters. The molecule has 5 nitrogen and oxygen atoms in total. The average Bonchev–Trinajstić information content (AvgIpc) is 3.35. The lowest BCUT2D eigenvalue weighted by Gasteiger charge is -2.33. The Morgan fingerprint density at radius 3 is 2.45 bits per heavy atom. The first-order valence-corrected chi connectivity index (χ1v) is 11.6. The predicted molar refractivity (Wildman–Crippen MR) is 130 cm³/mol. The van der Waals surface area contributed by atoms with E-state index in [4.69, 9.17) is 4.99 Å². The summed E-state index contributed by atoms with van der Waals surface area (Å²) in [7, 11) is 0. The molecule has 0 radical (unpaired) electrons. The van der Waals surface area contributed by atoms with Crippen molar-refractivity contribution in [1.29, 1.82) is 0 Å². The average molecular weight is 418 g/mol. The second-order valence-corrected chi connectivity index (χ2v) is 8.42. The molecule has 2 aliphatic rings. The molecule has 5 heteroatoms. The van der Waals surface area contributed by atoms with Gasteiger partial charge in [-0.05, 0) is 43.0 Å². The summed E-state index contributed by atoms with van der Waals surface area (Å²) in [4.78, 5) is 9.81. The van der Waals surface area contributed by atoms with Crippen LogP contribution < -0.4 is 15.5 Å². The van der Waals surface area contributed by atoms with Gasteiger partial charge in [-0.1, -0.05) is 54.6 Å². The SMILES string of the molecule is CCNC(=NCc1cccc(N2CC=CC2)c1)NC1CCN(Cc2ccccc2)CC1. The van der Waals surface area contributed by atoms with Crippen LogP contribution >= 0.6 is 0 Å². The zero-order chi connectivity index (χ0) is 21.3. The van der Waals surface area contributed by atoms with E-state index in [0.29, 0.717) is 12.6 Å². The van der Waals surface area contributed by atoms with Crippen molar-refractivity contribution in [2.45, 2.75) is 38.9 Å². The first-order valence-electron chi connectivity index (χ1n) is 11.6. The maximum absolute atomic E-state index is 4.88. The molecule has 2 aliphatic heterocycles. The van der Waals surface area contributed by atoms with E-state index in [9.17, 15) is 0 Å². The number of nitrogens with one attached hydrogen (secondary N) is 2. The van der Waals surface area contributed by atoms with Crippen molar-refractivity contribution < 1.29 is 0 Å². The maximum atomic E-state index is 4.88. The summed E-state index contributed by atoms with van der Waals surface area (Å²) >= 11 is 0. The van der Waals surface area contributed by atoms with Gasteiger partial charge in [-0.2, -0.15) is 0 Å². The summed E-state index contributed by atoms with van der Waals surface area (Å²) in [6.07, 6.45) is 6.75. The number of guanidine groups is 1. The van der Waals surface area contributed by atoms with E-state index in [1.807, 2.05) is 0 Å². The van der Waals surface area contributed by atoms with E-state index in [-0.39, 0.29) is 0 Å². The summed E-state index contributed by atoms with van der Waals surface area (Å²) in [5.41, 5.74) is 3.93. The minimum absolute atomic E-state index is 0.479. The lowest BCUT2D eigenvalue weighted by Crippen LogP contribution is -2.48. The lowest BCUT2D eigenvalue weighted by molar-refractivity contribution is 0.198. The molecule has 1 saturated heterocycles. The van der Waals surface area contributed by atoms with Crippen molar-refractivity contribution in [2.75, 3.05) is 37.6 Å². The highest BCUT2D eigenvalue weighted by Gasteiger charge is 2.20. The van der Waals surface area contributed by atoms with Crippen molar-refractivity contribution in [1.82, 2.24) is 15.5 Å². The number of benzene rings is 2. The zero-order valence-electron chi connectivity index (χ0n) is 18.6. The molecule has 0 spiro atoms. The van der Waals surface area contributed by atoms with Gasteiger partial charge in [0.1, 0.15) is 0 Å². The molecule has 2 N–H and O–H groups in total. The monoisotopic (exact) mass is 417 g/mol. The zero-order valence-corrected chi connectivity index (χ0v) is 18.6. The van der Waals surface area contributed by atoms with Crippen LogP contribution in [0.5, 0.6) is 0 Å². The molecule has 1 fully saturated rings. The summed E-state index contributed by atoms with van der Waals surface area (Å²) in [5.74, 6) is 0.928. The molecular weight excluding hydrogens is 382 g/mol. The normalized spacial score (nSPS) is 17.8. The lowest BCUT2D eigenvalue weighted by atomic mass is 10.0. The third kappa shape index (κ3) is 6.34. The Morgan fingerprint density at radius 2 is 1.71 bits per heavy atom. The minimum atomic E-state index is 0.479. The molecule has 0 amide bonds. The molecule has 2 aromatic carbocycles. The second kappa shape index (κ2) is 11.0. The van der Waals surface area contributed by atoms with Crippen molar-refractivity contribution in [2.24, 2.45) is 4.99 Å². The Hall–Kier alpha value is -2.79. The van der Waals surface area contributed by atoms with E-state index in [1.165, 1.54) is 16.8 Å². The Balaban J connectivity index is 1.29. The number of piperidine rings is 1. The fourth-order valence-electron chi connectivity index (χ4n) is 4.30. The summed E-state index contributed by atoms with van der Waals surface area (Å²) < 4.78 is 0. The number of hydrogen-bond acceptors (Lipinski definition) is 3. The van der Waals surface area contributed by atoms with Gasteiger partial charge in [-0.3, -0.25) is 4.90 Å². The van der Waals surface area contributed by atoms with Crippen LogP contribution in [0, 0.1) is 0 Å². The molecule has 0 atom stereocenters. The second-order valence-electron chi connectivity index (χ2n) is 8.42. The van der Waals surface area contributed by atoms with Gasteiger partial charge in [0.25, 0.3) is 0 Å². The number of aliphatic imine (C=N–C) groups is 1. The van der Waals surface area contributed by atoms with Gasteiger partial charge in [-0.15, -0.1) is 0 Å². The molecular formula is C26H35N5. The highest BCUT2D eigenvalue weighted by Crippen LogP contribution is 2.19. The van der Waals surface area contributed by atoms with E-state index >= 15 is 0 Å². The van der Waals surface area contributed by atoms with Crippen molar-refractivity contribution in [3.63, 3.8) is 0 Å². The number of anilines is 1. The van der Waals surface area contributed by atoms with Crippen LogP contribution in [-0.4, -0.2) is 49.6 Å². The molecule has 0 saturated carbocycles. The first kappa shape index (κ1) is 21.4. The minimum Gasteiger partial charge on any atom is -0.364 e. The largest absolute Gasteiger partial charge is 0.364 e. The van der Waals surface area contributed by atoms with Gasteiger partial charge in [0, 0.05) is 51.0 Å². The number of likely N-dealkylation sites (tertiary alicyclic amines) is 1. The van der Waals surface area contributed by atoms with Crippen molar-refractivity contribution >= 4 is 11.6 Å². The summed E-state index contributed by atoms with van der Waals surface area (Å²) in [6, 6.07) is 20.0. The van der Waals surface area contributed by atoms with Crippen molar-refractivity contribution in [3.8, 4) is 0 Å². The first-order chi connectivity index (χ1) is 15.3. The topological polar surface area (TPSA) is 42.9 Å². The van der Waals surface area contributed by atoms with Gasteiger partial charge < -0.3 is 15.5 Å². The fourth-order valence-corrected chi connectivity index (χ4v) is 4.30. The van der Waals surface area contributed by atoms with Gasteiger partial charge in [0.2, 0.25) is 0 Å². The molecule has 2 heterocycles. The Kier molecular flexibility index (Phi) is 7.61. The van der Waals surface area contributed by atoms with Gasteiger partial charge in [0.15, 0.2) is 5.96 Å². The Morgan fingerprint density at radius 1 is 0.968 bits per heavy atom. The van der Waals surface area contributed by atoms with Crippen LogP contribution in [0.3, 0.4) is 0 Å².